The van der Waals surface area contributed by atoms with E-state index in [9.17, 15) is 0 Å². The van der Waals surface area contributed by atoms with E-state index in [0.717, 1.165) is 13.0 Å². The van der Waals surface area contributed by atoms with Crippen molar-refractivity contribution in [2.75, 3.05) is 6.61 Å². The molecule has 2 atom stereocenters. The molecule has 1 heteroatoms. The van der Waals surface area contributed by atoms with Crippen molar-refractivity contribution < 1.29 is 4.74 Å². The van der Waals surface area contributed by atoms with E-state index in [0.29, 0.717) is 12.0 Å². The van der Waals surface area contributed by atoms with Crippen molar-refractivity contribution in [3.63, 3.8) is 0 Å². The van der Waals surface area contributed by atoms with Crippen LogP contribution in [0.15, 0.2) is 30.3 Å². The Balaban J connectivity index is 0.000000531. The molecule has 84 valence electrons. The molecule has 1 fully saturated rings. The Bertz CT molecular complexity index is 255. The average Bonchev–Trinajstić information content (AvgIpc) is 2.81. The van der Waals surface area contributed by atoms with Crippen LogP contribution in [0.25, 0.3) is 0 Å². The molecule has 0 aliphatic carbocycles. The summed E-state index contributed by atoms with van der Waals surface area (Å²) in [5.41, 5.74) is 1.43. The number of ether oxygens (including phenoxy) is 1. The molecule has 0 N–H and O–H groups in total. The summed E-state index contributed by atoms with van der Waals surface area (Å²) < 4.78 is 5.67. The second-order valence-electron chi connectivity index (χ2n) is 3.71. The molecule has 1 nitrogen and oxygen atoms in total. The molecule has 2 unspecified atom stereocenters. The van der Waals surface area contributed by atoms with Crippen molar-refractivity contribution in [3.8, 4) is 0 Å². The van der Waals surface area contributed by atoms with Gasteiger partial charge >= 0.3 is 0 Å². The normalized spacial score (nSPS) is 24.5. The van der Waals surface area contributed by atoms with Crippen LogP contribution in [-0.4, -0.2) is 12.7 Å². The van der Waals surface area contributed by atoms with Crippen LogP contribution in [0.5, 0.6) is 0 Å². The van der Waals surface area contributed by atoms with E-state index in [2.05, 4.69) is 37.3 Å². The predicted octanol–water partition coefficient (Wildman–Crippen LogP) is 4.00. The minimum Gasteiger partial charge on any atom is -0.378 e. The molecule has 2 rings (SSSR count). The largest absolute Gasteiger partial charge is 0.378 e. The first-order valence-electron chi connectivity index (χ1n) is 6.06. The summed E-state index contributed by atoms with van der Waals surface area (Å²) >= 11 is 0. The molecule has 0 saturated carbocycles. The summed E-state index contributed by atoms with van der Waals surface area (Å²) in [5.74, 6) is 0.631. The van der Waals surface area contributed by atoms with Gasteiger partial charge in [0.15, 0.2) is 0 Å². The summed E-state index contributed by atoms with van der Waals surface area (Å²) in [5, 5.41) is 0. The summed E-state index contributed by atoms with van der Waals surface area (Å²) in [6.07, 6.45) is 2.83. The van der Waals surface area contributed by atoms with Gasteiger partial charge < -0.3 is 4.74 Å². The molecule has 15 heavy (non-hydrogen) atoms. The SMILES string of the molecule is CC.CCC1CC(c2ccccc2)CO1. The molecule has 1 saturated heterocycles. The fourth-order valence-corrected chi connectivity index (χ4v) is 1.95. The first-order chi connectivity index (χ1) is 7.40. The highest BCUT2D eigenvalue weighted by Gasteiger charge is 2.24. The maximum Gasteiger partial charge on any atom is 0.0579 e. The lowest BCUT2D eigenvalue weighted by molar-refractivity contribution is 0.107. The number of benzene rings is 1. The van der Waals surface area contributed by atoms with E-state index in [1.54, 1.807) is 0 Å². The Morgan fingerprint density at radius 3 is 2.40 bits per heavy atom. The molecule has 0 spiro atoms. The standard InChI is InChI=1S/C12H16O.C2H6/c1-2-12-8-11(9-13-12)10-6-4-3-5-7-10;1-2/h3-7,11-12H,2,8-9H2,1H3;1-2H3. The van der Waals surface area contributed by atoms with Gasteiger partial charge in [0.05, 0.1) is 12.7 Å². The highest BCUT2D eigenvalue weighted by molar-refractivity contribution is 5.20. The van der Waals surface area contributed by atoms with Crippen molar-refractivity contribution >= 4 is 0 Å². The summed E-state index contributed by atoms with van der Waals surface area (Å²) in [6.45, 7) is 7.10. The Morgan fingerprint density at radius 2 is 1.87 bits per heavy atom. The minimum absolute atomic E-state index is 0.491. The quantitative estimate of drug-likeness (QED) is 0.710. The van der Waals surface area contributed by atoms with Gasteiger partial charge in [-0.15, -0.1) is 0 Å². The molecular weight excluding hydrogens is 184 g/mol. The fraction of sp³-hybridized carbons (Fsp3) is 0.571. The average molecular weight is 206 g/mol. The highest BCUT2D eigenvalue weighted by atomic mass is 16.5. The summed E-state index contributed by atoms with van der Waals surface area (Å²) in [7, 11) is 0. The predicted molar refractivity (Wildman–Crippen MR) is 65.2 cm³/mol. The topological polar surface area (TPSA) is 9.23 Å². The molecular formula is C14H22O. The zero-order valence-electron chi connectivity index (χ0n) is 10.1. The first kappa shape index (κ1) is 12.3. The van der Waals surface area contributed by atoms with Crippen LogP contribution in [0.4, 0.5) is 0 Å². The lowest BCUT2D eigenvalue weighted by Crippen LogP contribution is -2.01. The van der Waals surface area contributed by atoms with Crippen LogP contribution >= 0.6 is 0 Å². The zero-order valence-corrected chi connectivity index (χ0v) is 10.1. The van der Waals surface area contributed by atoms with Crippen LogP contribution in [0, 0.1) is 0 Å². The maximum atomic E-state index is 5.67. The Kier molecular flexibility index (Phi) is 5.41. The third-order valence-electron chi connectivity index (χ3n) is 2.81. The van der Waals surface area contributed by atoms with E-state index in [4.69, 9.17) is 4.74 Å². The fourth-order valence-electron chi connectivity index (χ4n) is 1.95. The van der Waals surface area contributed by atoms with Crippen molar-refractivity contribution in [2.45, 2.75) is 45.6 Å². The van der Waals surface area contributed by atoms with Crippen LogP contribution in [-0.2, 0) is 4.74 Å². The molecule has 1 aromatic rings. The van der Waals surface area contributed by atoms with E-state index in [1.807, 2.05) is 13.8 Å². The number of hydrogen-bond acceptors (Lipinski definition) is 1. The highest BCUT2D eigenvalue weighted by Crippen LogP contribution is 2.30. The van der Waals surface area contributed by atoms with Crippen molar-refractivity contribution in [1.82, 2.24) is 0 Å². The molecule has 1 aliphatic heterocycles. The molecule has 0 bridgehead atoms. The van der Waals surface area contributed by atoms with Gasteiger partial charge in [0.2, 0.25) is 0 Å². The number of hydrogen-bond donors (Lipinski definition) is 0. The molecule has 1 heterocycles. The smallest absolute Gasteiger partial charge is 0.0579 e. The van der Waals surface area contributed by atoms with Gasteiger partial charge in [-0.25, -0.2) is 0 Å². The van der Waals surface area contributed by atoms with Crippen molar-refractivity contribution in [3.05, 3.63) is 35.9 Å². The van der Waals surface area contributed by atoms with Crippen LogP contribution < -0.4 is 0 Å². The summed E-state index contributed by atoms with van der Waals surface area (Å²) in [6, 6.07) is 10.7. The van der Waals surface area contributed by atoms with E-state index in [1.165, 1.54) is 12.0 Å². The zero-order chi connectivity index (χ0) is 11.1. The molecule has 1 aliphatic rings. The Labute approximate surface area is 93.5 Å². The Morgan fingerprint density at radius 1 is 1.20 bits per heavy atom. The maximum absolute atomic E-state index is 5.67. The van der Waals surface area contributed by atoms with Gasteiger partial charge in [-0.05, 0) is 18.4 Å². The van der Waals surface area contributed by atoms with Gasteiger partial charge in [-0.3, -0.25) is 0 Å². The van der Waals surface area contributed by atoms with Crippen LogP contribution in [0.1, 0.15) is 45.1 Å². The number of rotatable bonds is 2. The van der Waals surface area contributed by atoms with Crippen LogP contribution in [0.2, 0.25) is 0 Å². The van der Waals surface area contributed by atoms with Gasteiger partial charge in [-0.2, -0.15) is 0 Å². The summed E-state index contributed by atoms with van der Waals surface area (Å²) in [4.78, 5) is 0. The van der Waals surface area contributed by atoms with E-state index < -0.39 is 0 Å². The van der Waals surface area contributed by atoms with Gasteiger partial charge in [0, 0.05) is 5.92 Å². The van der Waals surface area contributed by atoms with Crippen LogP contribution in [0.3, 0.4) is 0 Å². The van der Waals surface area contributed by atoms with Gasteiger partial charge in [-0.1, -0.05) is 51.1 Å². The van der Waals surface area contributed by atoms with Gasteiger partial charge in [0.1, 0.15) is 0 Å². The lowest BCUT2D eigenvalue weighted by atomic mass is 9.96. The Hall–Kier alpha value is -0.820. The lowest BCUT2D eigenvalue weighted by Gasteiger charge is -2.07. The molecule has 1 aromatic carbocycles. The third kappa shape index (κ3) is 3.35. The van der Waals surface area contributed by atoms with Gasteiger partial charge in [0.25, 0.3) is 0 Å². The van der Waals surface area contributed by atoms with E-state index in [-0.39, 0.29) is 0 Å². The molecule has 0 radical (unpaired) electrons. The van der Waals surface area contributed by atoms with Crippen molar-refractivity contribution in [1.29, 1.82) is 0 Å². The third-order valence-corrected chi connectivity index (χ3v) is 2.81. The first-order valence-corrected chi connectivity index (χ1v) is 6.06. The van der Waals surface area contributed by atoms with Crippen molar-refractivity contribution in [2.24, 2.45) is 0 Å². The molecule has 0 aromatic heterocycles. The monoisotopic (exact) mass is 206 g/mol. The second-order valence-corrected chi connectivity index (χ2v) is 3.71. The molecule has 0 amide bonds. The minimum atomic E-state index is 0.491. The second kappa shape index (κ2) is 6.62. The van der Waals surface area contributed by atoms with E-state index >= 15 is 0 Å².